The fourth-order valence-electron chi connectivity index (χ4n) is 1.71. The lowest BCUT2D eigenvalue weighted by Gasteiger charge is -2.21. The molecule has 102 valence electrons. The van der Waals surface area contributed by atoms with Crippen molar-refractivity contribution >= 4 is 34.5 Å². The van der Waals surface area contributed by atoms with E-state index in [-0.39, 0.29) is 5.41 Å². The summed E-state index contributed by atoms with van der Waals surface area (Å²) < 4.78 is 5.86. The Morgan fingerprint density at radius 1 is 1.26 bits per heavy atom. The van der Waals surface area contributed by atoms with Crippen LogP contribution in [0.25, 0.3) is 0 Å². The second-order valence-electron chi connectivity index (χ2n) is 5.18. The van der Waals surface area contributed by atoms with Crippen molar-refractivity contribution in [2.24, 2.45) is 0 Å². The van der Waals surface area contributed by atoms with Crippen LogP contribution in [0.3, 0.4) is 0 Å². The summed E-state index contributed by atoms with van der Waals surface area (Å²) in [5.41, 5.74) is 1.14. The van der Waals surface area contributed by atoms with Crippen LogP contribution in [0.2, 0.25) is 5.15 Å². The zero-order valence-corrected chi connectivity index (χ0v) is 13.4. The number of aromatic nitrogens is 1. The number of ether oxygens (including phenoxy) is 1. The molecule has 1 aromatic carbocycles. The molecule has 0 atom stereocenters. The van der Waals surface area contributed by atoms with Crippen molar-refractivity contribution in [1.29, 1.82) is 0 Å². The lowest BCUT2D eigenvalue weighted by molar-refractivity contribution is 0.452. The van der Waals surface area contributed by atoms with Gasteiger partial charge in [0.15, 0.2) is 0 Å². The molecule has 0 spiro atoms. The highest BCUT2D eigenvalue weighted by molar-refractivity contribution is 7.14. The Kier molecular flexibility index (Phi) is 4.39. The van der Waals surface area contributed by atoms with E-state index in [9.17, 15) is 0 Å². The topological polar surface area (TPSA) is 22.1 Å². The summed E-state index contributed by atoms with van der Waals surface area (Å²) in [7, 11) is 0. The number of alkyl halides is 1. The van der Waals surface area contributed by atoms with E-state index in [1.165, 1.54) is 11.3 Å². The molecule has 1 aromatic heterocycles. The third kappa shape index (κ3) is 3.41. The number of para-hydroxylation sites is 1. The van der Waals surface area contributed by atoms with Gasteiger partial charge in [-0.15, -0.1) is 11.6 Å². The summed E-state index contributed by atoms with van der Waals surface area (Å²) in [6, 6.07) is 7.96. The monoisotopic (exact) mass is 315 g/mol. The van der Waals surface area contributed by atoms with Crippen LogP contribution in [0.1, 0.15) is 31.2 Å². The molecule has 0 saturated carbocycles. The molecule has 0 aliphatic heterocycles. The van der Waals surface area contributed by atoms with E-state index >= 15 is 0 Å². The second kappa shape index (κ2) is 5.70. The first-order valence-electron chi connectivity index (χ1n) is 5.90. The first-order chi connectivity index (χ1) is 8.91. The van der Waals surface area contributed by atoms with Crippen LogP contribution in [0.4, 0.5) is 0 Å². The largest absolute Gasteiger partial charge is 0.431 e. The normalized spacial score (nSPS) is 11.6. The third-order valence-corrected chi connectivity index (χ3v) is 4.43. The Morgan fingerprint density at radius 3 is 2.53 bits per heavy atom. The molecule has 2 aromatic rings. The molecular formula is C14H15Cl2NOS. The van der Waals surface area contributed by atoms with Crippen LogP contribution in [-0.2, 0) is 11.3 Å². The fraction of sp³-hybridized carbons (Fsp3) is 0.357. The smallest absolute Gasteiger partial charge is 0.280 e. The molecule has 2 nitrogen and oxygen atoms in total. The highest BCUT2D eigenvalue weighted by Crippen LogP contribution is 2.37. The second-order valence-corrected chi connectivity index (χ2v) is 6.85. The number of nitrogens with zero attached hydrogens (tertiary/aromatic N) is 1. The summed E-state index contributed by atoms with van der Waals surface area (Å²) in [6.45, 7) is 6.44. The van der Waals surface area contributed by atoms with E-state index in [1.54, 1.807) is 0 Å². The highest BCUT2D eigenvalue weighted by Gasteiger charge is 2.20. The first kappa shape index (κ1) is 14.6. The minimum absolute atomic E-state index is 0.00691. The standard InChI is InChI=1S/C14H15Cl2NOS/c1-14(2,3)9-6-4-5-7-10(9)18-13-17-12(16)11(8-15)19-13/h4-7H,8H2,1-3H3. The van der Waals surface area contributed by atoms with Gasteiger partial charge in [0, 0.05) is 5.56 Å². The third-order valence-electron chi connectivity index (χ3n) is 2.64. The van der Waals surface area contributed by atoms with Crippen LogP contribution in [0.15, 0.2) is 24.3 Å². The average Bonchev–Trinajstić information content (AvgIpc) is 2.69. The van der Waals surface area contributed by atoms with Gasteiger partial charge in [-0.25, -0.2) is 0 Å². The number of hydrogen-bond donors (Lipinski definition) is 0. The van der Waals surface area contributed by atoms with Gasteiger partial charge in [0.05, 0.1) is 10.8 Å². The molecule has 0 amide bonds. The number of benzene rings is 1. The molecule has 0 saturated heterocycles. The zero-order chi connectivity index (χ0) is 14.0. The number of halogens is 2. The molecule has 0 bridgehead atoms. The van der Waals surface area contributed by atoms with E-state index in [2.05, 4.69) is 31.8 Å². The van der Waals surface area contributed by atoms with Gasteiger partial charge >= 0.3 is 0 Å². The molecule has 0 aliphatic rings. The van der Waals surface area contributed by atoms with Crippen molar-refractivity contribution in [3.05, 3.63) is 39.9 Å². The Bertz CT molecular complexity index is 575. The van der Waals surface area contributed by atoms with E-state index < -0.39 is 0 Å². The SMILES string of the molecule is CC(C)(C)c1ccccc1Oc1nc(Cl)c(CCl)s1. The zero-order valence-electron chi connectivity index (χ0n) is 11.0. The van der Waals surface area contributed by atoms with E-state index in [4.69, 9.17) is 27.9 Å². The lowest BCUT2D eigenvalue weighted by atomic mass is 9.86. The minimum atomic E-state index is 0.00691. The van der Waals surface area contributed by atoms with Crippen LogP contribution >= 0.6 is 34.5 Å². The van der Waals surface area contributed by atoms with Gasteiger partial charge < -0.3 is 4.74 Å². The summed E-state index contributed by atoms with van der Waals surface area (Å²) >= 11 is 13.1. The van der Waals surface area contributed by atoms with Crippen LogP contribution in [-0.4, -0.2) is 4.98 Å². The Balaban J connectivity index is 2.33. The molecule has 0 radical (unpaired) electrons. The minimum Gasteiger partial charge on any atom is -0.431 e. The van der Waals surface area contributed by atoms with Gasteiger partial charge in [0.1, 0.15) is 10.9 Å². The highest BCUT2D eigenvalue weighted by atomic mass is 35.5. The maximum atomic E-state index is 5.98. The van der Waals surface area contributed by atoms with Crippen LogP contribution in [0, 0.1) is 0 Å². The van der Waals surface area contributed by atoms with Gasteiger partial charge in [-0.3, -0.25) is 0 Å². The van der Waals surface area contributed by atoms with Gasteiger partial charge in [0.25, 0.3) is 5.19 Å². The average molecular weight is 316 g/mol. The van der Waals surface area contributed by atoms with Crippen molar-refractivity contribution in [2.45, 2.75) is 32.1 Å². The predicted molar refractivity (Wildman–Crippen MR) is 81.9 cm³/mol. The van der Waals surface area contributed by atoms with Crippen LogP contribution in [0.5, 0.6) is 10.9 Å². The first-order valence-corrected chi connectivity index (χ1v) is 7.63. The molecule has 0 N–H and O–H groups in total. The van der Waals surface area contributed by atoms with Crippen molar-refractivity contribution in [3.63, 3.8) is 0 Å². The number of hydrogen-bond acceptors (Lipinski definition) is 3. The van der Waals surface area contributed by atoms with Crippen molar-refractivity contribution in [3.8, 4) is 10.9 Å². The van der Waals surface area contributed by atoms with Crippen molar-refractivity contribution in [1.82, 2.24) is 4.98 Å². The molecular weight excluding hydrogens is 301 g/mol. The van der Waals surface area contributed by atoms with Gasteiger partial charge in [-0.05, 0) is 11.5 Å². The molecule has 19 heavy (non-hydrogen) atoms. The molecule has 2 rings (SSSR count). The molecule has 1 heterocycles. The summed E-state index contributed by atoms with van der Waals surface area (Å²) in [5.74, 6) is 1.15. The summed E-state index contributed by atoms with van der Waals surface area (Å²) in [6.07, 6.45) is 0. The fourth-order valence-corrected chi connectivity index (χ4v) is 3.04. The Labute approximate surface area is 127 Å². The molecule has 0 aliphatic carbocycles. The number of thiazole rings is 1. The molecule has 0 unspecified atom stereocenters. The van der Waals surface area contributed by atoms with Crippen molar-refractivity contribution in [2.75, 3.05) is 0 Å². The number of rotatable bonds is 3. The molecule has 5 heteroatoms. The van der Waals surface area contributed by atoms with E-state index in [0.29, 0.717) is 16.2 Å². The lowest BCUT2D eigenvalue weighted by Crippen LogP contribution is -2.12. The van der Waals surface area contributed by atoms with E-state index in [1.807, 2.05) is 18.2 Å². The van der Waals surface area contributed by atoms with Gasteiger partial charge in [0.2, 0.25) is 0 Å². The van der Waals surface area contributed by atoms with Gasteiger partial charge in [-0.1, -0.05) is 61.9 Å². The predicted octanol–water partition coefficient (Wildman–Crippen LogP) is 5.63. The van der Waals surface area contributed by atoms with Crippen LogP contribution < -0.4 is 4.74 Å². The van der Waals surface area contributed by atoms with E-state index in [0.717, 1.165) is 16.2 Å². The molecule has 0 fully saturated rings. The quantitative estimate of drug-likeness (QED) is 0.685. The van der Waals surface area contributed by atoms with Gasteiger partial charge in [-0.2, -0.15) is 4.98 Å². The Morgan fingerprint density at radius 2 is 1.95 bits per heavy atom. The summed E-state index contributed by atoms with van der Waals surface area (Å²) in [4.78, 5) is 5.00. The maximum Gasteiger partial charge on any atom is 0.280 e. The maximum absolute atomic E-state index is 5.98. The Hall–Kier alpha value is -0.770. The summed E-state index contributed by atoms with van der Waals surface area (Å²) in [5, 5.41) is 0.945. The van der Waals surface area contributed by atoms with Crippen molar-refractivity contribution < 1.29 is 4.74 Å².